The molecule has 13 heteroatoms. The number of anilines is 2. The number of hydrogen-bond donors (Lipinski definition) is 0. The minimum absolute atomic E-state index is 0.00276. The van der Waals surface area contributed by atoms with E-state index in [2.05, 4.69) is 64.5 Å². The van der Waals surface area contributed by atoms with Crippen LogP contribution in [0.5, 0.6) is 0 Å². The molecule has 0 spiro atoms. The van der Waals surface area contributed by atoms with E-state index in [1.807, 2.05) is 83.2 Å². The standard InChI is InChI=1S/C57H71N5O8/c1-36(2)45(33-54(65)69-7)56(67)60-29-9-11-49(60)51(63)31-38-13-17-41(18-14-38)47-26-27-48(62(47)44-24-21-40(22-25-44)43-23-28-53(58-35-43)59(5)6)42-19-15-39(16-20-42)32-52(64)50-12-10-30-61(50)57(68)46(37(3)4)34-55(66)70-8/h13-25,28,35-37,45-50H,9-12,26-27,29-34H2,1-8H3/t45-,46-,47+,48+,49-,50-/m0/s1. The van der Waals surface area contributed by atoms with Gasteiger partial charge in [-0.3, -0.25) is 28.8 Å². The van der Waals surface area contributed by atoms with Gasteiger partial charge in [0.2, 0.25) is 11.8 Å². The molecule has 0 N–H and O–H groups in total. The SMILES string of the molecule is COC(=O)C[C@H](C(=O)N1CCC[C@H]1C(=O)Cc1ccc([C@H]2CC[C@H](c3ccc(CC(=O)[C@@H]4CCCN4C(=O)[C@@H](CC(=O)OC)C(C)C)cc3)N2c2ccc(-c3ccc(N(C)C)nc3)cc2)cc1)C(C)C. The Balaban J connectivity index is 1.09. The van der Waals surface area contributed by atoms with Crippen LogP contribution in [-0.2, 0) is 51.1 Å². The van der Waals surface area contributed by atoms with E-state index in [-0.39, 0.29) is 73.0 Å². The first-order valence-corrected chi connectivity index (χ1v) is 25.1. The third-order valence-corrected chi connectivity index (χ3v) is 14.9. The highest BCUT2D eigenvalue weighted by Gasteiger charge is 2.41. The zero-order chi connectivity index (χ0) is 50.2. The predicted octanol–water partition coefficient (Wildman–Crippen LogP) is 8.77. The van der Waals surface area contributed by atoms with Crippen molar-refractivity contribution >= 4 is 46.8 Å². The summed E-state index contributed by atoms with van der Waals surface area (Å²) in [6.45, 7) is 8.68. The monoisotopic (exact) mass is 954 g/mol. The number of benzene rings is 3. The number of aromatic nitrogens is 1. The van der Waals surface area contributed by atoms with Crippen molar-refractivity contribution in [2.45, 2.75) is 116 Å². The average Bonchev–Trinajstić information content (AvgIpc) is 4.16. The largest absolute Gasteiger partial charge is 0.469 e. The van der Waals surface area contributed by atoms with Crippen LogP contribution in [0.2, 0.25) is 0 Å². The summed E-state index contributed by atoms with van der Waals surface area (Å²) in [5.41, 5.74) is 7.21. The zero-order valence-electron chi connectivity index (χ0n) is 42.3. The summed E-state index contributed by atoms with van der Waals surface area (Å²) in [6.07, 6.45) is 6.78. The molecular formula is C57H71N5O8. The van der Waals surface area contributed by atoms with Gasteiger partial charge in [0.05, 0.1) is 63.1 Å². The van der Waals surface area contributed by atoms with Crippen molar-refractivity contribution in [1.29, 1.82) is 0 Å². The van der Waals surface area contributed by atoms with Gasteiger partial charge in [-0.05, 0) is 102 Å². The van der Waals surface area contributed by atoms with Gasteiger partial charge in [-0.25, -0.2) is 4.98 Å². The van der Waals surface area contributed by atoms with E-state index in [1.54, 1.807) is 9.80 Å². The molecule has 3 saturated heterocycles. The molecule has 3 aromatic carbocycles. The van der Waals surface area contributed by atoms with Gasteiger partial charge in [-0.15, -0.1) is 0 Å². The Morgan fingerprint density at radius 2 is 1.01 bits per heavy atom. The minimum atomic E-state index is -0.542. The predicted molar refractivity (Wildman–Crippen MR) is 271 cm³/mol. The molecule has 6 atom stereocenters. The number of carbonyl (C=O) groups excluding carboxylic acids is 6. The van der Waals surface area contributed by atoms with Crippen molar-refractivity contribution < 1.29 is 38.2 Å². The average molecular weight is 954 g/mol. The normalized spacial score (nSPS) is 19.9. The number of hydrogen-bond acceptors (Lipinski definition) is 11. The van der Waals surface area contributed by atoms with E-state index >= 15 is 0 Å². The Hall–Kier alpha value is -6.37. The Labute approximate surface area is 413 Å². The van der Waals surface area contributed by atoms with Crippen LogP contribution in [0.15, 0.2) is 91.1 Å². The lowest BCUT2D eigenvalue weighted by atomic mass is 9.90. The van der Waals surface area contributed by atoms with Crippen LogP contribution < -0.4 is 9.80 Å². The van der Waals surface area contributed by atoms with Crippen LogP contribution in [-0.4, -0.2) is 104 Å². The number of nitrogens with zero attached hydrogens (tertiary/aromatic N) is 5. The molecule has 0 radical (unpaired) electrons. The van der Waals surface area contributed by atoms with Crippen LogP contribution in [0.25, 0.3) is 11.1 Å². The number of rotatable bonds is 19. The molecule has 1 aromatic heterocycles. The second-order valence-electron chi connectivity index (χ2n) is 20.3. The van der Waals surface area contributed by atoms with Crippen molar-refractivity contribution in [3.8, 4) is 11.1 Å². The van der Waals surface area contributed by atoms with Gasteiger partial charge >= 0.3 is 11.9 Å². The van der Waals surface area contributed by atoms with Crippen LogP contribution in [0.4, 0.5) is 11.5 Å². The number of carbonyl (C=O) groups is 6. The number of esters is 2. The van der Waals surface area contributed by atoms with Gasteiger partial charge in [-0.2, -0.15) is 0 Å². The lowest BCUT2D eigenvalue weighted by molar-refractivity contribution is -0.149. The summed E-state index contributed by atoms with van der Waals surface area (Å²) < 4.78 is 9.76. The van der Waals surface area contributed by atoms with Crippen molar-refractivity contribution in [3.63, 3.8) is 0 Å². The second kappa shape index (κ2) is 23.0. The quantitative estimate of drug-likeness (QED) is 0.0832. The van der Waals surface area contributed by atoms with Crippen LogP contribution in [0.3, 0.4) is 0 Å². The van der Waals surface area contributed by atoms with Crippen LogP contribution in [0.1, 0.15) is 113 Å². The number of Topliss-reactive ketones (excluding diaryl/α,β-unsaturated/α-hetero) is 2. The fourth-order valence-corrected chi connectivity index (χ4v) is 10.7. The first-order valence-electron chi connectivity index (χ1n) is 25.1. The zero-order valence-corrected chi connectivity index (χ0v) is 42.3. The Morgan fingerprint density at radius 3 is 1.39 bits per heavy atom. The Bertz CT molecular complexity index is 2340. The molecular weight excluding hydrogens is 883 g/mol. The first-order chi connectivity index (χ1) is 33.6. The number of pyridine rings is 1. The molecule has 0 aliphatic carbocycles. The van der Waals surface area contributed by atoms with Crippen LogP contribution >= 0.6 is 0 Å². The summed E-state index contributed by atoms with van der Waals surface area (Å²) in [4.78, 5) is 92.1. The molecule has 4 aromatic rings. The van der Waals surface area contributed by atoms with E-state index in [9.17, 15) is 28.8 Å². The molecule has 13 nitrogen and oxygen atoms in total. The van der Waals surface area contributed by atoms with Gasteiger partial charge in [0.15, 0.2) is 11.6 Å². The minimum Gasteiger partial charge on any atom is -0.469 e. The summed E-state index contributed by atoms with van der Waals surface area (Å²) in [6, 6.07) is 28.4. The number of amides is 2. The molecule has 4 heterocycles. The number of methoxy groups -OCH3 is 2. The van der Waals surface area contributed by atoms with E-state index in [0.29, 0.717) is 25.9 Å². The molecule has 372 valence electrons. The molecule has 3 aliphatic rings. The topological polar surface area (TPSA) is 147 Å². The van der Waals surface area contributed by atoms with Crippen molar-refractivity contribution in [1.82, 2.24) is 14.8 Å². The molecule has 2 amide bonds. The summed E-state index contributed by atoms with van der Waals surface area (Å²) >= 11 is 0. The lowest BCUT2D eigenvalue weighted by Crippen LogP contribution is -2.45. The summed E-state index contributed by atoms with van der Waals surface area (Å²) in [5, 5.41) is 0. The van der Waals surface area contributed by atoms with E-state index in [4.69, 9.17) is 9.47 Å². The number of ketones is 2. The highest BCUT2D eigenvalue weighted by Crippen LogP contribution is 2.47. The maximum atomic E-state index is 13.9. The summed E-state index contributed by atoms with van der Waals surface area (Å²) in [7, 11) is 6.60. The maximum Gasteiger partial charge on any atom is 0.306 e. The maximum absolute atomic E-state index is 13.9. The molecule has 0 unspecified atom stereocenters. The van der Waals surface area contributed by atoms with Gasteiger partial charge < -0.3 is 29.1 Å². The fraction of sp³-hybridized carbons (Fsp3) is 0.491. The number of likely N-dealkylation sites (tertiary alicyclic amines) is 2. The van der Waals surface area contributed by atoms with Crippen molar-refractivity contribution in [2.75, 3.05) is 51.2 Å². The van der Waals surface area contributed by atoms with Crippen molar-refractivity contribution in [2.24, 2.45) is 23.7 Å². The van der Waals surface area contributed by atoms with Gasteiger partial charge in [0, 0.05) is 57.5 Å². The highest BCUT2D eigenvalue weighted by molar-refractivity contribution is 5.94. The molecule has 0 saturated carbocycles. The lowest BCUT2D eigenvalue weighted by Gasteiger charge is -2.33. The molecule has 7 rings (SSSR count). The molecule has 3 fully saturated rings. The first kappa shape index (κ1) is 51.5. The fourth-order valence-electron chi connectivity index (χ4n) is 10.7. The second-order valence-corrected chi connectivity index (χ2v) is 20.3. The van der Waals surface area contributed by atoms with Crippen molar-refractivity contribution in [3.05, 3.63) is 113 Å². The smallest absolute Gasteiger partial charge is 0.306 e. The van der Waals surface area contributed by atoms with E-state index in [1.165, 1.54) is 14.2 Å². The Kier molecular flexibility index (Phi) is 16.9. The Morgan fingerprint density at radius 1 is 0.586 bits per heavy atom. The van der Waals surface area contributed by atoms with Gasteiger partial charge in [0.1, 0.15) is 5.82 Å². The van der Waals surface area contributed by atoms with Gasteiger partial charge in [-0.1, -0.05) is 88.4 Å². The molecule has 70 heavy (non-hydrogen) atoms. The third kappa shape index (κ3) is 11.8. The third-order valence-electron chi connectivity index (χ3n) is 14.9. The van der Waals surface area contributed by atoms with Gasteiger partial charge in [0.25, 0.3) is 0 Å². The van der Waals surface area contributed by atoms with Crippen LogP contribution in [0, 0.1) is 23.7 Å². The molecule has 0 bridgehead atoms. The van der Waals surface area contributed by atoms with E-state index < -0.39 is 35.9 Å². The van der Waals surface area contributed by atoms with E-state index in [0.717, 1.165) is 70.6 Å². The highest BCUT2D eigenvalue weighted by atomic mass is 16.5. The molecule has 3 aliphatic heterocycles. The number of ether oxygens (including phenoxy) is 2. The summed E-state index contributed by atoms with van der Waals surface area (Å²) in [5.74, 6) is -1.51.